The summed E-state index contributed by atoms with van der Waals surface area (Å²) in [4.78, 5) is 14.3. The van der Waals surface area contributed by atoms with E-state index < -0.39 is 5.60 Å². The first-order valence-corrected chi connectivity index (χ1v) is 11.5. The zero-order valence-electron chi connectivity index (χ0n) is 20.1. The first-order valence-electron chi connectivity index (χ1n) is 11.5. The molecule has 2 aromatic carbocycles. The van der Waals surface area contributed by atoms with Crippen LogP contribution in [0.5, 0.6) is 0 Å². The van der Waals surface area contributed by atoms with E-state index in [0.29, 0.717) is 18.7 Å². The topological polar surface area (TPSA) is 84.3 Å². The molecule has 6 heteroatoms. The Balaban J connectivity index is 1.72. The molecule has 0 atom stereocenters. The number of anilines is 1. The van der Waals surface area contributed by atoms with Gasteiger partial charge in [0.2, 0.25) is 0 Å². The van der Waals surface area contributed by atoms with Crippen molar-refractivity contribution in [1.29, 1.82) is 5.26 Å². The summed E-state index contributed by atoms with van der Waals surface area (Å²) in [5, 5.41) is 10.7. The number of hydrogen-bond donors (Lipinski definition) is 1. The van der Waals surface area contributed by atoms with E-state index in [2.05, 4.69) is 29.0 Å². The number of ether oxygens (including phenoxy) is 1. The van der Waals surface area contributed by atoms with E-state index >= 15 is 0 Å². The van der Waals surface area contributed by atoms with Gasteiger partial charge in [-0.15, -0.1) is 0 Å². The number of nitrogens with zero attached hydrogens (tertiary/aromatic N) is 3. The summed E-state index contributed by atoms with van der Waals surface area (Å²) in [6.45, 7) is 11.0. The number of carbonyl (C=O) groups excluding carboxylic acids is 1. The number of nitrogen functional groups attached to an aromatic ring is 1. The SMILES string of the molecule is Cc1cc2c(cc1C#N)c(-c1cccc(N)c1C)cn2C1CCN(C(=O)OC(C)(C)C)CC1. The fourth-order valence-corrected chi connectivity index (χ4v) is 4.64. The Labute approximate surface area is 195 Å². The average molecular weight is 445 g/mol. The maximum absolute atomic E-state index is 12.5. The Hall–Kier alpha value is -3.46. The highest BCUT2D eigenvalue weighted by Crippen LogP contribution is 2.39. The second kappa shape index (κ2) is 8.47. The van der Waals surface area contributed by atoms with E-state index in [0.717, 1.165) is 51.7 Å². The van der Waals surface area contributed by atoms with Crippen molar-refractivity contribution in [3.8, 4) is 17.2 Å². The Morgan fingerprint density at radius 1 is 1.15 bits per heavy atom. The molecule has 0 radical (unpaired) electrons. The summed E-state index contributed by atoms with van der Waals surface area (Å²) in [5.41, 5.74) is 12.4. The maximum atomic E-state index is 12.5. The monoisotopic (exact) mass is 444 g/mol. The molecule has 1 aromatic heterocycles. The normalized spacial score (nSPS) is 15.0. The number of aromatic nitrogens is 1. The minimum absolute atomic E-state index is 0.246. The molecule has 0 bridgehead atoms. The molecular formula is C27H32N4O2. The molecule has 1 amide bonds. The predicted molar refractivity (Wildman–Crippen MR) is 132 cm³/mol. The summed E-state index contributed by atoms with van der Waals surface area (Å²) in [6.07, 6.45) is 3.64. The standard InChI is InChI=1S/C27H32N4O2/c1-17-13-25-22(14-19(17)15-28)23(21-7-6-8-24(29)18(21)2)16-31(25)20-9-11-30(12-10-20)26(32)33-27(3,4)5/h6-8,13-14,16,20H,9-12,29H2,1-5H3. The van der Waals surface area contributed by atoms with Crippen LogP contribution in [0.25, 0.3) is 22.0 Å². The summed E-state index contributed by atoms with van der Waals surface area (Å²) < 4.78 is 7.88. The van der Waals surface area contributed by atoms with Crippen LogP contribution in [0.3, 0.4) is 0 Å². The van der Waals surface area contributed by atoms with E-state index in [4.69, 9.17) is 10.5 Å². The third-order valence-corrected chi connectivity index (χ3v) is 6.48. The van der Waals surface area contributed by atoms with Crippen LogP contribution in [0.4, 0.5) is 10.5 Å². The number of amides is 1. The van der Waals surface area contributed by atoms with Gasteiger partial charge in [0.25, 0.3) is 0 Å². The van der Waals surface area contributed by atoms with Gasteiger partial charge in [-0.25, -0.2) is 4.79 Å². The van der Waals surface area contributed by atoms with Crippen molar-refractivity contribution in [3.05, 3.63) is 53.2 Å². The van der Waals surface area contributed by atoms with Crippen LogP contribution < -0.4 is 5.73 Å². The second-order valence-corrected chi connectivity index (χ2v) is 9.96. The van der Waals surface area contributed by atoms with Crippen LogP contribution in [0.2, 0.25) is 0 Å². The molecular weight excluding hydrogens is 412 g/mol. The molecule has 3 aromatic rings. The van der Waals surface area contributed by atoms with Gasteiger partial charge in [0.05, 0.1) is 11.6 Å². The molecule has 0 aliphatic carbocycles. The summed E-state index contributed by atoms with van der Waals surface area (Å²) in [7, 11) is 0. The highest BCUT2D eigenvalue weighted by atomic mass is 16.6. The number of carbonyl (C=O) groups is 1. The van der Waals surface area contributed by atoms with Crippen LogP contribution in [-0.2, 0) is 4.74 Å². The maximum Gasteiger partial charge on any atom is 0.410 e. The molecule has 0 unspecified atom stereocenters. The van der Waals surface area contributed by atoms with E-state index in [9.17, 15) is 10.1 Å². The van der Waals surface area contributed by atoms with Crippen molar-refractivity contribution in [3.63, 3.8) is 0 Å². The lowest BCUT2D eigenvalue weighted by molar-refractivity contribution is 0.0190. The van der Waals surface area contributed by atoms with Crippen molar-refractivity contribution < 1.29 is 9.53 Å². The average Bonchev–Trinajstić information content (AvgIpc) is 3.12. The quantitative estimate of drug-likeness (QED) is 0.495. The van der Waals surface area contributed by atoms with Crippen LogP contribution in [0.1, 0.15) is 56.3 Å². The molecule has 0 saturated carbocycles. The number of fused-ring (bicyclic) bond motifs is 1. The van der Waals surface area contributed by atoms with Gasteiger partial charge in [0.15, 0.2) is 0 Å². The number of hydrogen-bond acceptors (Lipinski definition) is 4. The third-order valence-electron chi connectivity index (χ3n) is 6.48. The largest absolute Gasteiger partial charge is 0.444 e. The molecule has 1 fully saturated rings. The molecule has 1 aliphatic heterocycles. The lowest BCUT2D eigenvalue weighted by atomic mass is 9.97. The van der Waals surface area contributed by atoms with Crippen LogP contribution >= 0.6 is 0 Å². The van der Waals surface area contributed by atoms with Gasteiger partial charge in [0.1, 0.15) is 5.60 Å². The number of aryl methyl sites for hydroxylation is 1. The molecule has 1 aliphatic rings. The van der Waals surface area contributed by atoms with Crippen molar-refractivity contribution in [2.45, 2.75) is 59.1 Å². The Bertz CT molecular complexity index is 1250. The summed E-state index contributed by atoms with van der Waals surface area (Å²) in [5.74, 6) is 0. The van der Waals surface area contributed by atoms with E-state index in [1.807, 2.05) is 52.8 Å². The fraction of sp³-hybridized carbons (Fsp3) is 0.407. The molecule has 172 valence electrons. The number of benzene rings is 2. The molecule has 4 rings (SSSR count). The molecule has 0 spiro atoms. The lowest BCUT2D eigenvalue weighted by Crippen LogP contribution is -2.42. The van der Waals surface area contributed by atoms with Gasteiger partial charge in [-0.2, -0.15) is 5.26 Å². The predicted octanol–water partition coefficient (Wildman–Crippen LogP) is 5.95. The number of likely N-dealkylation sites (tertiary alicyclic amines) is 1. The Kier molecular flexibility index (Phi) is 5.84. The van der Waals surface area contributed by atoms with Crippen molar-refractivity contribution in [2.24, 2.45) is 0 Å². The Morgan fingerprint density at radius 3 is 2.48 bits per heavy atom. The van der Waals surface area contributed by atoms with Gasteiger partial charge in [-0.1, -0.05) is 12.1 Å². The van der Waals surface area contributed by atoms with Crippen molar-refractivity contribution in [2.75, 3.05) is 18.8 Å². The minimum atomic E-state index is -0.495. The highest BCUT2D eigenvalue weighted by Gasteiger charge is 2.29. The molecule has 1 saturated heterocycles. The molecule has 33 heavy (non-hydrogen) atoms. The van der Waals surface area contributed by atoms with Gasteiger partial charge >= 0.3 is 6.09 Å². The van der Waals surface area contributed by atoms with Crippen LogP contribution in [0.15, 0.2) is 36.5 Å². The Morgan fingerprint density at radius 2 is 1.85 bits per heavy atom. The highest BCUT2D eigenvalue weighted by molar-refractivity contribution is 5.98. The number of nitriles is 1. The number of nitrogens with two attached hydrogens (primary N) is 1. The van der Waals surface area contributed by atoms with Crippen LogP contribution in [-0.4, -0.2) is 34.3 Å². The first-order chi connectivity index (χ1) is 15.6. The zero-order valence-corrected chi connectivity index (χ0v) is 20.1. The molecule has 2 heterocycles. The van der Waals surface area contributed by atoms with Crippen molar-refractivity contribution >= 4 is 22.7 Å². The lowest BCUT2D eigenvalue weighted by Gasteiger charge is -2.34. The fourth-order valence-electron chi connectivity index (χ4n) is 4.64. The smallest absolute Gasteiger partial charge is 0.410 e. The van der Waals surface area contributed by atoms with Gasteiger partial charge in [0, 0.05) is 47.5 Å². The number of piperidine rings is 1. The molecule has 6 nitrogen and oxygen atoms in total. The van der Waals surface area contributed by atoms with Gasteiger partial charge in [-0.05, 0) is 82.3 Å². The zero-order chi connectivity index (χ0) is 23.9. The van der Waals surface area contributed by atoms with Crippen LogP contribution in [0, 0.1) is 25.2 Å². The van der Waals surface area contributed by atoms with Gasteiger partial charge in [-0.3, -0.25) is 0 Å². The van der Waals surface area contributed by atoms with E-state index in [1.165, 1.54) is 0 Å². The van der Waals surface area contributed by atoms with Gasteiger partial charge < -0.3 is 19.9 Å². The summed E-state index contributed by atoms with van der Waals surface area (Å²) >= 11 is 0. The minimum Gasteiger partial charge on any atom is -0.444 e. The third kappa shape index (κ3) is 4.41. The van der Waals surface area contributed by atoms with E-state index in [1.54, 1.807) is 4.90 Å². The van der Waals surface area contributed by atoms with E-state index in [-0.39, 0.29) is 12.1 Å². The number of rotatable bonds is 2. The molecule has 2 N–H and O–H groups in total. The second-order valence-electron chi connectivity index (χ2n) is 9.96. The summed E-state index contributed by atoms with van der Waals surface area (Å²) in [6, 6.07) is 12.7. The first kappa shape index (κ1) is 22.7. The van der Waals surface area contributed by atoms with Crippen molar-refractivity contribution in [1.82, 2.24) is 9.47 Å².